The second-order valence-corrected chi connectivity index (χ2v) is 7.04. The third kappa shape index (κ3) is 3.68. The number of benzene rings is 2. The van der Waals surface area contributed by atoms with E-state index in [0.29, 0.717) is 22.4 Å². The number of alkyl halides is 4. The molecular formula is C18H11BrClF4NO2. The highest BCUT2D eigenvalue weighted by molar-refractivity contribution is 9.09. The van der Waals surface area contributed by atoms with Crippen LogP contribution in [0.1, 0.15) is 26.3 Å². The Bertz CT molecular complexity index is 1030. The fourth-order valence-corrected chi connectivity index (χ4v) is 3.52. The van der Waals surface area contributed by atoms with Gasteiger partial charge in [-0.15, -0.1) is 0 Å². The molecule has 1 atom stereocenters. The summed E-state index contributed by atoms with van der Waals surface area (Å²) in [5, 5.41) is 0.381. The SMILES string of the molecule is COc1cc(Cl)ccc1C(Br)C(=O)c1c[nH]c2cc(F)c(C(F)(F)F)cc12. The summed E-state index contributed by atoms with van der Waals surface area (Å²) in [6.45, 7) is 0. The molecule has 0 amide bonds. The summed E-state index contributed by atoms with van der Waals surface area (Å²) < 4.78 is 57.9. The number of ether oxygens (including phenoxy) is 1. The van der Waals surface area contributed by atoms with E-state index in [-0.39, 0.29) is 16.5 Å². The summed E-state index contributed by atoms with van der Waals surface area (Å²) in [5.74, 6) is -1.58. The van der Waals surface area contributed by atoms with Crippen molar-refractivity contribution >= 4 is 44.2 Å². The lowest BCUT2D eigenvalue weighted by molar-refractivity contribution is -0.139. The largest absolute Gasteiger partial charge is 0.496 e. The highest BCUT2D eigenvalue weighted by atomic mass is 79.9. The van der Waals surface area contributed by atoms with Crippen molar-refractivity contribution < 1.29 is 27.1 Å². The molecule has 0 aliphatic rings. The number of Topliss-reactive ketones (excluding diaryl/α,β-unsaturated/α-hetero) is 1. The Kier molecular flexibility index (Phi) is 5.22. The van der Waals surface area contributed by atoms with Crippen LogP contribution in [0.5, 0.6) is 5.75 Å². The van der Waals surface area contributed by atoms with E-state index in [1.807, 2.05) is 0 Å². The number of aromatic nitrogens is 1. The van der Waals surface area contributed by atoms with Crippen molar-refractivity contribution in [2.24, 2.45) is 0 Å². The second kappa shape index (κ2) is 7.16. The lowest BCUT2D eigenvalue weighted by Gasteiger charge is -2.14. The fraction of sp³-hybridized carbons (Fsp3) is 0.167. The van der Waals surface area contributed by atoms with E-state index in [4.69, 9.17) is 16.3 Å². The lowest BCUT2D eigenvalue weighted by Crippen LogP contribution is -2.10. The number of fused-ring (bicyclic) bond motifs is 1. The molecule has 3 aromatic rings. The summed E-state index contributed by atoms with van der Waals surface area (Å²) in [6.07, 6.45) is -3.62. The number of methoxy groups -OCH3 is 1. The zero-order valence-electron chi connectivity index (χ0n) is 13.6. The van der Waals surface area contributed by atoms with E-state index >= 15 is 0 Å². The Hall–Kier alpha value is -2.06. The van der Waals surface area contributed by atoms with Gasteiger partial charge in [0.25, 0.3) is 0 Å². The minimum Gasteiger partial charge on any atom is -0.496 e. The maximum Gasteiger partial charge on any atom is 0.419 e. The lowest BCUT2D eigenvalue weighted by atomic mass is 10.00. The topological polar surface area (TPSA) is 42.1 Å². The Balaban J connectivity index is 2.08. The number of hydrogen-bond donors (Lipinski definition) is 1. The number of nitrogens with one attached hydrogen (secondary N) is 1. The number of rotatable bonds is 4. The number of halogens is 6. The van der Waals surface area contributed by atoms with E-state index in [0.717, 1.165) is 6.07 Å². The van der Waals surface area contributed by atoms with Crippen molar-refractivity contribution in [2.75, 3.05) is 7.11 Å². The van der Waals surface area contributed by atoms with Gasteiger partial charge in [0.05, 0.1) is 12.7 Å². The average Bonchev–Trinajstić information content (AvgIpc) is 3.01. The molecule has 9 heteroatoms. The second-order valence-electron chi connectivity index (χ2n) is 5.69. The summed E-state index contributed by atoms with van der Waals surface area (Å²) in [7, 11) is 1.41. The fourth-order valence-electron chi connectivity index (χ4n) is 2.74. The van der Waals surface area contributed by atoms with Gasteiger partial charge in [0.1, 0.15) is 16.4 Å². The number of ketones is 1. The molecule has 27 heavy (non-hydrogen) atoms. The van der Waals surface area contributed by atoms with Crippen LogP contribution in [0, 0.1) is 5.82 Å². The van der Waals surface area contributed by atoms with Gasteiger partial charge in [-0.2, -0.15) is 13.2 Å². The number of aromatic amines is 1. The molecule has 142 valence electrons. The van der Waals surface area contributed by atoms with Crippen LogP contribution in [0.15, 0.2) is 36.5 Å². The molecule has 0 aliphatic carbocycles. The zero-order chi connectivity index (χ0) is 19.9. The molecular weight excluding hydrogens is 454 g/mol. The van der Waals surface area contributed by atoms with Gasteiger partial charge in [-0.05, 0) is 24.3 Å². The van der Waals surface area contributed by atoms with Gasteiger partial charge >= 0.3 is 6.18 Å². The third-order valence-electron chi connectivity index (χ3n) is 4.04. The van der Waals surface area contributed by atoms with Crippen LogP contribution in [-0.2, 0) is 6.18 Å². The van der Waals surface area contributed by atoms with Crippen LogP contribution in [0.3, 0.4) is 0 Å². The molecule has 2 aromatic carbocycles. The monoisotopic (exact) mass is 463 g/mol. The Morgan fingerprint density at radius 2 is 1.96 bits per heavy atom. The smallest absolute Gasteiger partial charge is 0.419 e. The quantitative estimate of drug-likeness (QED) is 0.279. The van der Waals surface area contributed by atoms with Crippen LogP contribution in [-0.4, -0.2) is 17.9 Å². The van der Waals surface area contributed by atoms with Crippen molar-refractivity contribution in [1.82, 2.24) is 4.98 Å². The van der Waals surface area contributed by atoms with Crippen LogP contribution in [0.2, 0.25) is 5.02 Å². The number of H-pyrrole nitrogens is 1. The Morgan fingerprint density at radius 1 is 1.26 bits per heavy atom. The first kappa shape index (κ1) is 19.7. The summed E-state index contributed by atoms with van der Waals surface area (Å²) in [6, 6.07) is 6.01. The van der Waals surface area contributed by atoms with Gasteiger partial charge in [0.15, 0.2) is 5.78 Å². The zero-order valence-corrected chi connectivity index (χ0v) is 16.0. The molecule has 0 saturated heterocycles. The van der Waals surface area contributed by atoms with E-state index in [1.165, 1.54) is 19.4 Å². The van der Waals surface area contributed by atoms with Crippen LogP contribution in [0.25, 0.3) is 10.9 Å². The van der Waals surface area contributed by atoms with Crippen molar-refractivity contribution in [1.29, 1.82) is 0 Å². The maximum atomic E-state index is 13.7. The van der Waals surface area contributed by atoms with Gasteiger partial charge in [0, 0.05) is 33.2 Å². The van der Waals surface area contributed by atoms with Crippen LogP contribution in [0.4, 0.5) is 17.6 Å². The van der Waals surface area contributed by atoms with Gasteiger partial charge in [-0.3, -0.25) is 4.79 Å². The van der Waals surface area contributed by atoms with E-state index in [1.54, 1.807) is 12.1 Å². The van der Waals surface area contributed by atoms with Gasteiger partial charge < -0.3 is 9.72 Å². The predicted molar refractivity (Wildman–Crippen MR) is 97.3 cm³/mol. The van der Waals surface area contributed by atoms with Crippen molar-refractivity contribution in [3.8, 4) is 5.75 Å². The van der Waals surface area contributed by atoms with Crippen molar-refractivity contribution in [3.63, 3.8) is 0 Å². The summed E-state index contributed by atoms with van der Waals surface area (Å²) >= 11 is 9.17. The standard InChI is InChI=1S/C18H11BrClF4NO2/c1-27-15-4-8(20)2-3-9(15)16(19)17(26)11-7-25-14-6-13(21)12(5-10(11)14)18(22,23)24/h2-7,16,25H,1H3. The molecule has 0 radical (unpaired) electrons. The van der Waals surface area contributed by atoms with Crippen molar-refractivity contribution in [3.05, 3.63) is 64.1 Å². The van der Waals surface area contributed by atoms with Crippen molar-refractivity contribution in [2.45, 2.75) is 11.0 Å². The van der Waals surface area contributed by atoms with Crippen LogP contribution < -0.4 is 4.74 Å². The Labute approximate surface area is 164 Å². The normalized spacial score (nSPS) is 13.0. The van der Waals surface area contributed by atoms with Crippen LogP contribution >= 0.6 is 27.5 Å². The molecule has 0 bridgehead atoms. The third-order valence-corrected chi connectivity index (χ3v) is 5.18. The molecule has 3 rings (SSSR count). The molecule has 3 nitrogen and oxygen atoms in total. The molecule has 0 spiro atoms. The first-order valence-electron chi connectivity index (χ1n) is 7.53. The van der Waals surface area contributed by atoms with E-state index in [9.17, 15) is 22.4 Å². The number of carbonyl (C=O) groups excluding carboxylic acids is 1. The first-order chi connectivity index (χ1) is 12.6. The predicted octanol–water partition coefficient (Wildman–Crippen LogP) is 6.31. The Morgan fingerprint density at radius 3 is 2.59 bits per heavy atom. The summed E-state index contributed by atoms with van der Waals surface area (Å²) in [4.78, 5) is 14.6. The highest BCUT2D eigenvalue weighted by Crippen LogP contribution is 2.39. The summed E-state index contributed by atoms with van der Waals surface area (Å²) in [5.41, 5.74) is -0.890. The van der Waals surface area contributed by atoms with Gasteiger partial charge in [-0.1, -0.05) is 33.6 Å². The van der Waals surface area contributed by atoms with Gasteiger partial charge in [0.2, 0.25) is 0 Å². The molecule has 1 unspecified atom stereocenters. The van der Waals surface area contributed by atoms with E-state index < -0.39 is 28.2 Å². The molecule has 1 heterocycles. The maximum absolute atomic E-state index is 13.7. The number of hydrogen-bond acceptors (Lipinski definition) is 2. The van der Waals surface area contributed by atoms with Gasteiger partial charge in [-0.25, -0.2) is 4.39 Å². The molecule has 1 aromatic heterocycles. The first-order valence-corrected chi connectivity index (χ1v) is 8.82. The highest BCUT2D eigenvalue weighted by Gasteiger charge is 2.35. The molecule has 0 fully saturated rings. The minimum atomic E-state index is -4.87. The molecule has 1 N–H and O–H groups in total. The minimum absolute atomic E-state index is 0.00521. The van der Waals surface area contributed by atoms with E-state index in [2.05, 4.69) is 20.9 Å². The molecule has 0 saturated carbocycles. The number of carbonyl (C=O) groups is 1. The average molecular weight is 465 g/mol. The molecule has 0 aliphatic heterocycles.